The van der Waals surface area contributed by atoms with E-state index in [-0.39, 0.29) is 29.6 Å². The van der Waals surface area contributed by atoms with Gasteiger partial charge in [0, 0.05) is 0 Å². The SMILES string of the molecule is O=C([O-])C(=O)/C=C/C=C/c1ccccc1.[Na+]. The van der Waals surface area contributed by atoms with Crippen LogP contribution in [0, 0.1) is 0 Å². The fraction of sp³-hybridized carbons (Fsp3) is 0. The molecule has 1 aromatic rings. The predicted molar refractivity (Wildman–Crippen MR) is 54.6 cm³/mol. The Labute approximate surface area is 116 Å². The third kappa shape index (κ3) is 5.66. The molecule has 0 bridgehead atoms. The molecule has 0 unspecified atom stereocenters. The molecule has 1 aromatic carbocycles. The largest absolute Gasteiger partial charge is 1.00 e. The number of carbonyl (C=O) groups excluding carboxylic acids is 2. The molecule has 0 atom stereocenters. The van der Waals surface area contributed by atoms with E-state index in [1.54, 1.807) is 12.2 Å². The minimum absolute atomic E-state index is 0. The summed E-state index contributed by atoms with van der Waals surface area (Å²) >= 11 is 0. The topological polar surface area (TPSA) is 57.2 Å². The molecule has 0 spiro atoms. The monoisotopic (exact) mass is 224 g/mol. The average molecular weight is 224 g/mol. The first-order valence-electron chi connectivity index (χ1n) is 4.35. The van der Waals surface area contributed by atoms with Crippen molar-refractivity contribution in [2.75, 3.05) is 0 Å². The van der Waals surface area contributed by atoms with E-state index in [2.05, 4.69) is 0 Å². The second-order valence-electron chi connectivity index (χ2n) is 2.78. The van der Waals surface area contributed by atoms with Gasteiger partial charge in [-0.3, -0.25) is 4.79 Å². The molecule has 16 heavy (non-hydrogen) atoms. The van der Waals surface area contributed by atoms with E-state index in [0.29, 0.717) is 0 Å². The third-order valence-corrected chi connectivity index (χ3v) is 1.65. The van der Waals surface area contributed by atoms with E-state index in [4.69, 9.17) is 0 Å². The molecule has 1 rings (SSSR count). The van der Waals surface area contributed by atoms with E-state index in [1.165, 1.54) is 6.08 Å². The molecule has 0 saturated carbocycles. The number of carboxylic acids is 1. The van der Waals surface area contributed by atoms with Crippen molar-refractivity contribution in [2.24, 2.45) is 0 Å². The minimum atomic E-state index is -1.70. The minimum Gasteiger partial charge on any atom is -0.541 e. The molecule has 0 aromatic heterocycles. The third-order valence-electron chi connectivity index (χ3n) is 1.65. The summed E-state index contributed by atoms with van der Waals surface area (Å²) in [5.41, 5.74) is 0.975. The standard InChI is InChI=1S/C12H10O3.Na/c13-11(12(14)15)9-5-4-8-10-6-2-1-3-7-10;/h1-9H,(H,14,15);/q;+1/p-1/b8-4+,9-5+;. The first-order chi connectivity index (χ1) is 7.20. The second-order valence-corrected chi connectivity index (χ2v) is 2.78. The summed E-state index contributed by atoms with van der Waals surface area (Å²) in [4.78, 5) is 20.6. The number of aliphatic carboxylic acids is 1. The van der Waals surface area contributed by atoms with E-state index < -0.39 is 11.8 Å². The summed E-state index contributed by atoms with van der Waals surface area (Å²) in [5.74, 6) is -2.73. The van der Waals surface area contributed by atoms with Gasteiger partial charge in [-0.15, -0.1) is 0 Å². The van der Waals surface area contributed by atoms with E-state index >= 15 is 0 Å². The van der Waals surface area contributed by atoms with Crippen LogP contribution in [0.15, 0.2) is 48.6 Å². The summed E-state index contributed by atoms with van der Waals surface area (Å²) in [6, 6.07) is 9.45. The van der Waals surface area contributed by atoms with E-state index in [1.807, 2.05) is 30.3 Å². The van der Waals surface area contributed by atoms with Gasteiger partial charge in [-0.2, -0.15) is 0 Å². The van der Waals surface area contributed by atoms with Gasteiger partial charge in [-0.05, 0) is 11.6 Å². The van der Waals surface area contributed by atoms with Crippen molar-refractivity contribution in [1.29, 1.82) is 0 Å². The Morgan fingerprint density at radius 2 is 1.69 bits per heavy atom. The van der Waals surface area contributed by atoms with Crippen molar-refractivity contribution in [3.8, 4) is 0 Å². The van der Waals surface area contributed by atoms with Crippen LogP contribution in [0.3, 0.4) is 0 Å². The maximum Gasteiger partial charge on any atom is 1.00 e. The van der Waals surface area contributed by atoms with Crippen LogP contribution >= 0.6 is 0 Å². The van der Waals surface area contributed by atoms with Gasteiger partial charge in [0.15, 0.2) is 0 Å². The smallest absolute Gasteiger partial charge is 0.541 e. The zero-order valence-electron chi connectivity index (χ0n) is 8.92. The van der Waals surface area contributed by atoms with Gasteiger partial charge in [-0.25, -0.2) is 0 Å². The van der Waals surface area contributed by atoms with Gasteiger partial charge >= 0.3 is 29.6 Å². The number of carboxylic acid groups (broad SMARTS) is 1. The Hall–Kier alpha value is -1.16. The first kappa shape index (κ1) is 14.8. The molecular formula is C12H9NaO3. The van der Waals surface area contributed by atoms with Crippen LogP contribution in [0.1, 0.15) is 5.56 Å². The summed E-state index contributed by atoms with van der Waals surface area (Å²) in [5, 5.41) is 10.0. The molecule has 0 heterocycles. The van der Waals surface area contributed by atoms with Gasteiger partial charge in [0.05, 0.1) is 0 Å². The first-order valence-corrected chi connectivity index (χ1v) is 4.35. The molecule has 0 radical (unpaired) electrons. The molecule has 76 valence electrons. The van der Waals surface area contributed by atoms with E-state index in [0.717, 1.165) is 11.6 Å². The van der Waals surface area contributed by atoms with Crippen molar-refractivity contribution in [3.63, 3.8) is 0 Å². The number of allylic oxidation sites excluding steroid dienone is 2. The Balaban J connectivity index is 0.00000225. The van der Waals surface area contributed by atoms with Crippen LogP contribution in [-0.2, 0) is 9.59 Å². The van der Waals surface area contributed by atoms with Crippen molar-refractivity contribution in [2.45, 2.75) is 0 Å². The van der Waals surface area contributed by atoms with Crippen molar-refractivity contribution in [3.05, 3.63) is 54.1 Å². The summed E-state index contributed by atoms with van der Waals surface area (Å²) in [7, 11) is 0. The van der Waals surface area contributed by atoms with Crippen molar-refractivity contribution < 1.29 is 44.3 Å². The maximum atomic E-state index is 10.6. The maximum absolute atomic E-state index is 10.6. The van der Waals surface area contributed by atoms with Crippen LogP contribution in [0.25, 0.3) is 6.08 Å². The fourth-order valence-electron chi connectivity index (χ4n) is 0.942. The summed E-state index contributed by atoms with van der Waals surface area (Å²) in [6.07, 6.45) is 5.68. The van der Waals surface area contributed by atoms with Crippen LogP contribution in [-0.4, -0.2) is 11.8 Å². The second kappa shape index (κ2) is 8.05. The molecule has 0 fully saturated rings. The summed E-state index contributed by atoms with van der Waals surface area (Å²) < 4.78 is 0. The molecule has 0 aliphatic heterocycles. The van der Waals surface area contributed by atoms with Crippen LogP contribution in [0.2, 0.25) is 0 Å². The Kier molecular flexibility index (Phi) is 7.46. The van der Waals surface area contributed by atoms with Crippen LogP contribution in [0.5, 0.6) is 0 Å². The van der Waals surface area contributed by atoms with Gasteiger partial charge < -0.3 is 9.90 Å². The molecule has 0 N–H and O–H groups in total. The molecule has 0 aliphatic rings. The fourth-order valence-corrected chi connectivity index (χ4v) is 0.942. The number of ketones is 1. The summed E-state index contributed by atoms with van der Waals surface area (Å²) in [6.45, 7) is 0. The number of hydrogen-bond donors (Lipinski definition) is 0. The molecular weight excluding hydrogens is 215 g/mol. The Morgan fingerprint density at radius 3 is 2.25 bits per heavy atom. The number of hydrogen-bond acceptors (Lipinski definition) is 3. The average Bonchev–Trinajstić information content (AvgIpc) is 2.25. The molecule has 0 saturated heterocycles. The van der Waals surface area contributed by atoms with Crippen molar-refractivity contribution in [1.82, 2.24) is 0 Å². The Morgan fingerprint density at radius 1 is 1.06 bits per heavy atom. The predicted octanol–water partition coefficient (Wildman–Crippen LogP) is -2.42. The number of carbonyl (C=O) groups is 2. The zero-order chi connectivity index (χ0) is 11.1. The number of benzene rings is 1. The zero-order valence-corrected chi connectivity index (χ0v) is 10.9. The van der Waals surface area contributed by atoms with E-state index in [9.17, 15) is 14.7 Å². The van der Waals surface area contributed by atoms with Gasteiger partial charge in [-0.1, -0.05) is 48.6 Å². The van der Waals surface area contributed by atoms with Gasteiger partial charge in [0.25, 0.3) is 0 Å². The quantitative estimate of drug-likeness (QED) is 0.247. The van der Waals surface area contributed by atoms with Crippen molar-refractivity contribution >= 4 is 17.8 Å². The van der Waals surface area contributed by atoms with Gasteiger partial charge in [0.2, 0.25) is 5.78 Å². The molecule has 4 heteroatoms. The van der Waals surface area contributed by atoms with Crippen LogP contribution < -0.4 is 34.7 Å². The van der Waals surface area contributed by atoms with Gasteiger partial charge in [0.1, 0.15) is 5.97 Å². The molecule has 3 nitrogen and oxygen atoms in total. The van der Waals surface area contributed by atoms with Crippen LogP contribution in [0.4, 0.5) is 0 Å². The molecule has 0 amide bonds. The molecule has 0 aliphatic carbocycles. The normalized spacial score (nSPS) is 10.2. The number of rotatable bonds is 4. The Bertz CT molecular complexity index is 408.